The van der Waals surface area contributed by atoms with Gasteiger partial charge in [-0.15, -0.1) is 0 Å². The average molecular weight is 325 g/mol. The van der Waals surface area contributed by atoms with Gasteiger partial charge in [-0.3, -0.25) is 0 Å². The summed E-state index contributed by atoms with van der Waals surface area (Å²) in [6.07, 6.45) is 4.12. The largest absolute Gasteiger partial charge is 0.341 e. The summed E-state index contributed by atoms with van der Waals surface area (Å²) in [6.45, 7) is 6.46. The van der Waals surface area contributed by atoms with E-state index in [0.29, 0.717) is 6.54 Å². The summed E-state index contributed by atoms with van der Waals surface area (Å²) in [5, 5.41) is 5.69. The fourth-order valence-corrected chi connectivity index (χ4v) is 2.72. The second-order valence-electron chi connectivity index (χ2n) is 6.15. The van der Waals surface area contributed by atoms with E-state index in [1.807, 2.05) is 38.1 Å². The number of carbonyl (C=O) groups is 1. The molecule has 2 amide bonds. The molecule has 2 aromatic rings. The van der Waals surface area contributed by atoms with Crippen LogP contribution in [0, 0.1) is 13.8 Å². The monoisotopic (exact) mass is 325 g/mol. The number of aryl methyl sites for hydroxylation is 2. The number of nitrogens with one attached hydrogen (secondary N) is 2. The molecule has 24 heavy (non-hydrogen) atoms. The fourth-order valence-electron chi connectivity index (χ4n) is 2.72. The van der Waals surface area contributed by atoms with E-state index in [4.69, 9.17) is 0 Å². The summed E-state index contributed by atoms with van der Waals surface area (Å²) in [7, 11) is 0. The molecule has 0 unspecified atom stereocenters. The molecular formula is C18H23N5O. The molecule has 0 spiro atoms. The van der Waals surface area contributed by atoms with Crippen LogP contribution in [0.1, 0.15) is 29.7 Å². The molecule has 0 saturated carbocycles. The highest BCUT2D eigenvalue weighted by Crippen LogP contribution is 2.16. The van der Waals surface area contributed by atoms with Crippen molar-refractivity contribution < 1.29 is 4.79 Å². The third kappa shape index (κ3) is 4.01. The Labute approximate surface area is 142 Å². The Kier molecular flexibility index (Phi) is 4.93. The van der Waals surface area contributed by atoms with Crippen LogP contribution in [0.4, 0.5) is 16.4 Å². The van der Waals surface area contributed by atoms with Crippen molar-refractivity contribution in [3.8, 4) is 0 Å². The van der Waals surface area contributed by atoms with Crippen LogP contribution in [-0.4, -0.2) is 29.1 Å². The minimum Gasteiger partial charge on any atom is -0.341 e. The van der Waals surface area contributed by atoms with Crippen LogP contribution in [0.3, 0.4) is 0 Å². The van der Waals surface area contributed by atoms with E-state index in [1.165, 1.54) is 18.4 Å². The van der Waals surface area contributed by atoms with Crippen molar-refractivity contribution in [1.29, 1.82) is 0 Å². The highest BCUT2D eigenvalue weighted by Gasteiger charge is 2.15. The maximum absolute atomic E-state index is 12.0. The van der Waals surface area contributed by atoms with Crippen molar-refractivity contribution in [1.82, 2.24) is 15.3 Å². The normalized spacial score (nSPS) is 13.8. The molecule has 2 N–H and O–H groups in total. The first-order valence-electron chi connectivity index (χ1n) is 8.31. The molecule has 0 aliphatic carbocycles. The lowest BCUT2D eigenvalue weighted by Gasteiger charge is -2.15. The average Bonchev–Trinajstić information content (AvgIpc) is 3.11. The highest BCUT2D eigenvalue weighted by molar-refractivity contribution is 5.89. The Morgan fingerprint density at radius 1 is 1.17 bits per heavy atom. The summed E-state index contributed by atoms with van der Waals surface area (Å²) in [5.74, 6) is 0.751. The summed E-state index contributed by atoms with van der Waals surface area (Å²) in [4.78, 5) is 23.1. The van der Waals surface area contributed by atoms with Crippen LogP contribution in [-0.2, 0) is 6.54 Å². The minimum absolute atomic E-state index is 0.236. The maximum atomic E-state index is 12.0. The number of hydrogen-bond donors (Lipinski definition) is 2. The van der Waals surface area contributed by atoms with E-state index in [0.717, 1.165) is 36.0 Å². The van der Waals surface area contributed by atoms with E-state index in [2.05, 4.69) is 25.5 Å². The molecule has 1 saturated heterocycles. The molecule has 1 aromatic carbocycles. The first-order chi connectivity index (χ1) is 11.6. The zero-order valence-corrected chi connectivity index (χ0v) is 14.2. The standard InChI is InChI=1S/C18H23N5O/c1-13-5-6-15(11-14(13)2)22-18(24)20-12-16-7-8-19-17(21-16)23-9-3-4-10-23/h5-8,11H,3-4,9-10,12H2,1-2H3,(H2,20,22,24). The summed E-state index contributed by atoms with van der Waals surface area (Å²) in [6, 6.07) is 7.45. The number of aromatic nitrogens is 2. The highest BCUT2D eigenvalue weighted by atomic mass is 16.2. The van der Waals surface area contributed by atoms with Crippen LogP contribution >= 0.6 is 0 Å². The summed E-state index contributed by atoms with van der Waals surface area (Å²) < 4.78 is 0. The molecule has 1 aromatic heterocycles. The van der Waals surface area contributed by atoms with E-state index in [9.17, 15) is 4.79 Å². The van der Waals surface area contributed by atoms with Gasteiger partial charge in [0.25, 0.3) is 0 Å². The lowest BCUT2D eigenvalue weighted by molar-refractivity contribution is 0.251. The van der Waals surface area contributed by atoms with Gasteiger partial charge in [-0.1, -0.05) is 6.07 Å². The quantitative estimate of drug-likeness (QED) is 0.906. The molecule has 6 heteroatoms. The molecule has 0 radical (unpaired) electrons. The van der Waals surface area contributed by atoms with Gasteiger partial charge in [0, 0.05) is 25.0 Å². The topological polar surface area (TPSA) is 70.2 Å². The lowest BCUT2D eigenvalue weighted by Crippen LogP contribution is -2.29. The van der Waals surface area contributed by atoms with Gasteiger partial charge >= 0.3 is 6.03 Å². The van der Waals surface area contributed by atoms with Gasteiger partial charge in [-0.2, -0.15) is 0 Å². The molecule has 1 aliphatic rings. The van der Waals surface area contributed by atoms with Gasteiger partial charge in [-0.25, -0.2) is 14.8 Å². The second-order valence-corrected chi connectivity index (χ2v) is 6.15. The first-order valence-corrected chi connectivity index (χ1v) is 8.31. The Hall–Kier alpha value is -2.63. The zero-order valence-electron chi connectivity index (χ0n) is 14.2. The molecule has 0 bridgehead atoms. The van der Waals surface area contributed by atoms with Crippen molar-refractivity contribution in [2.75, 3.05) is 23.3 Å². The number of benzene rings is 1. The zero-order chi connectivity index (χ0) is 16.9. The molecule has 1 fully saturated rings. The molecule has 3 rings (SSSR count). The first kappa shape index (κ1) is 16.2. The van der Waals surface area contributed by atoms with Gasteiger partial charge in [-0.05, 0) is 56.0 Å². The minimum atomic E-state index is -0.236. The number of amides is 2. The molecule has 0 atom stereocenters. The predicted molar refractivity (Wildman–Crippen MR) is 95.3 cm³/mol. The van der Waals surface area contributed by atoms with E-state index >= 15 is 0 Å². The maximum Gasteiger partial charge on any atom is 0.319 e. The van der Waals surface area contributed by atoms with E-state index in [1.54, 1.807) is 6.20 Å². The molecule has 6 nitrogen and oxygen atoms in total. The van der Waals surface area contributed by atoms with Crippen molar-refractivity contribution in [2.24, 2.45) is 0 Å². The Balaban J connectivity index is 1.55. The Morgan fingerprint density at radius 3 is 2.71 bits per heavy atom. The van der Waals surface area contributed by atoms with E-state index < -0.39 is 0 Å². The Bertz CT molecular complexity index is 725. The van der Waals surface area contributed by atoms with Gasteiger partial charge in [0.05, 0.1) is 12.2 Å². The SMILES string of the molecule is Cc1ccc(NC(=O)NCc2ccnc(N3CCCC3)n2)cc1C. The lowest BCUT2D eigenvalue weighted by atomic mass is 10.1. The van der Waals surface area contributed by atoms with Crippen molar-refractivity contribution in [2.45, 2.75) is 33.2 Å². The van der Waals surface area contributed by atoms with Gasteiger partial charge in [0.15, 0.2) is 0 Å². The number of carbonyl (C=O) groups excluding carboxylic acids is 1. The smallest absolute Gasteiger partial charge is 0.319 e. The third-order valence-corrected chi connectivity index (χ3v) is 4.28. The summed E-state index contributed by atoms with van der Waals surface area (Å²) in [5.41, 5.74) is 3.95. The van der Waals surface area contributed by atoms with Crippen molar-refractivity contribution >= 4 is 17.7 Å². The number of hydrogen-bond acceptors (Lipinski definition) is 4. The fraction of sp³-hybridized carbons (Fsp3) is 0.389. The van der Waals surface area contributed by atoms with E-state index in [-0.39, 0.29) is 6.03 Å². The molecule has 126 valence electrons. The van der Waals surface area contributed by atoms with Crippen molar-refractivity contribution in [3.63, 3.8) is 0 Å². The summed E-state index contributed by atoms with van der Waals surface area (Å²) >= 11 is 0. The van der Waals surface area contributed by atoms with Crippen molar-refractivity contribution in [3.05, 3.63) is 47.3 Å². The number of nitrogens with zero attached hydrogens (tertiary/aromatic N) is 3. The molecular weight excluding hydrogens is 302 g/mol. The van der Waals surface area contributed by atoms with Gasteiger partial charge in [0.1, 0.15) is 0 Å². The number of rotatable bonds is 4. The van der Waals surface area contributed by atoms with Crippen LogP contribution < -0.4 is 15.5 Å². The number of anilines is 2. The molecule has 2 heterocycles. The van der Waals surface area contributed by atoms with Crippen LogP contribution in [0.25, 0.3) is 0 Å². The van der Waals surface area contributed by atoms with Crippen LogP contribution in [0.15, 0.2) is 30.5 Å². The van der Waals surface area contributed by atoms with Gasteiger partial charge < -0.3 is 15.5 Å². The molecule has 1 aliphatic heterocycles. The van der Waals surface area contributed by atoms with Crippen LogP contribution in [0.2, 0.25) is 0 Å². The Morgan fingerprint density at radius 2 is 1.96 bits per heavy atom. The number of urea groups is 1. The third-order valence-electron chi connectivity index (χ3n) is 4.28. The predicted octanol–water partition coefficient (Wildman–Crippen LogP) is 3.02. The van der Waals surface area contributed by atoms with Crippen LogP contribution in [0.5, 0.6) is 0 Å². The second kappa shape index (κ2) is 7.29. The van der Waals surface area contributed by atoms with Gasteiger partial charge in [0.2, 0.25) is 5.95 Å².